The van der Waals surface area contributed by atoms with Crippen LogP contribution >= 0.6 is 23.4 Å². The molecule has 0 amide bonds. The predicted molar refractivity (Wildman–Crippen MR) is 57.4 cm³/mol. The number of nitrogens with zero attached hydrogens (tertiary/aromatic N) is 1. The zero-order valence-electron chi connectivity index (χ0n) is 7.81. The molecule has 1 aromatic rings. The maximum absolute atomic E-state index is 12.0. The summed E-state index contributed by atoms with van der Waals surface area (Å²) >= 11 is 6.16. The quantitative estimate of drug-likeness (QED) is 0.659. The van der Waals surface area contributed by atoms with Gasteiger partial charge in [0, 0.05) is 4.90 Å². The molecule has 2 nitrogen and oxygen atoms in total. The van der Waals surface area contributed by atoms with E-state index in [0.29, 0.717) is 11.8 Å². The topological polar surface area (TPSA) is 49.8 Å². The van der Waals surface area contributed by atoms with E-state index in [9.17, 15) is 13.2 Å². The molecule has 0 fully saturated rings. The molecule has 0 aliphatic carbocycles. The van der Waals surface area contributed by atoms with E-state index in [1.165, 1.54) is 12.1 Å². The van der Waals surface area contributed by atoms with Crippen LogP contribution in [-0.2, 0) is 0 Å². The van der Waals surface area contributed by atoms with Crippen LogP contribution in [0.25, 0.3) is 0 Å². The molecular formula is C9H6ClF3N2S. The summed E-state index contributed by atoms with van der Waals surface area (Å²) in [6.07, 6.45) is -4.29. The summed E-state index contributed by atoms with van der Waals surface area (Å²) in [5, 5.41) is 8.88. The molecule has 0 spiro atoms. The van der Waals surface area contributed by atoms with Crippen molar-refractivity contribution in [2.24, 2.45) is 0 Å². The van der Waals surface area contributed by atoms with Crippen molar-refractivity contribution in [3.05, 3.63) is 22.7 Å². The maximum Gasteiger partial charge on any atom is 0.398 e. The van der Waals surface area contributed by atoms with Crippen LogP contribution in [-0.4, -0.2) is 11.9 Å². The number of hydrogen-bond donors (Lipinski definition) is 1. The summed E-state index contributed by atoms with van der Waals surface area (Å²) in [6.45, 7) is 0. The first-order chi connectivity index (χ1) is 7.33. The van der Waals surface area contributed by atoms with Crippen molar-refractivity contribution in [2.75, 3.05) is 11.5 Å². The second-order valence-electron chi connectivity index (χ2n) is 2.89. The van der Waals surface area contributed by atoms with Crippen molar-refractivity contribution < 1.29 is 13.2 Å². The Morgan fingerprint density at radius 3 is 2.56 bits per heavy atom. The number of nitrogen functional groups attached to an aromatic ring is 1. The summed E-state index contributed by atoms with van der Waals surface area (Å²) in [5.74, 6) is -1.07. The van der Waals surface area contributed by atoms with Gasteiger partial charge in [0.15, 0.2) is 0 Å². The molecule has 2 N–H and O–H groups in total. The number of alkyl halides is 3. The van der Waals surface area contributed by atoms with Gasteiger partial charge in [0.1, 0.15) is 6.07 Å². The van der Waals surface area contributed by atoms with Gasteiger partial charge in [-0.25, -0.2) is 0 Å². The van der Waals surface area contributed by atoms with Crippen molar-refractivity contribution in [3.8, 4) is 6.07 Å². The minimum atomic E-state index is -4.29. The van der Waals surface area contributed by atoms with Crippen LogP contribution in [0.2, 0.25) is 5.02 Å². The molecule has 0 heterocycles. The lowest BCUT2D eigenvalue weighted by Crippen LogP contribution is -2.10. The first-order valence-electron chi connectivity index (χ1n) is 4.02. The molecule has 0 aliphatic heterocycles. The van der Waals surface area contributed by atoms with Gasteiger partial charge in [-0.05, 0) is 12.1 Å². The molecule has 0 atom stereocenters. The molecule has 1 aromatic carbocycles. The maximum atomic E-state index is 12.0. The van der Waals surface area contributed by atoms with E-state index in [4.69, 9.17) is 22.6 Å². The third-order valence-corrected chi connectivity index (χ3v) is 3.06. The summed E-state index contributed by atoms with van der Waals surface area (Å²) in [4.78, 5) is 0.182. The van der Waals surface area contributed by atoms with Crippen LogP contribution in [0.4, 0.5) is 18.9 Å². The van der Waals surface area contributed by atoms with Crippen LogP contribution in [0, 0.1) is 11.3 Å². The SMILES string of the molecule is N#Cc1cc(Cl)c(N)cc1SCC(F)(F)F. The minimum Gasteiger partial charge on any atom is -0.397 e. The fourth-order valence-electron chi connectivity index (χ4n) is 0.935. The van der Waals surface area contributed by atoms with Gasteiger partial charge in [0.25, 0.3) is 0 Å². The lowest BCUT2D eigenvalue weighted by atomic mass is 10.2. The van der Waals surface area contributed by atoms with Crippen molar-refractivity contribution in [3.63, 3.8) is 0 Å². The standard InChI is InChI=1S/C9H6ClF3N2S/c10-6-1-5(3-14)8(2-7(6)15)16-4-9(11,12)13/h1-2H,4,15H2. The summed E-state index contributed by atoms with van der Waals surface area (Å²) in [6, 6.07) is 4.31. The lowest BCUT2D eigenvalue weighted by molar-refractivity contribution is -0.105. The van der Waals surface area contributed by atoms with Gasteiger partial charge in [-0.3, -0.25) is 0 Å². The molecule has 0 radical (unpaired) electrons. The van der Waals surface area contributed by atoms with Gasteiger partial charge in [-0.15, -0.1) is 11.8 Å². The van der Waals surface area contributed by atoms with Crippen LogP contribution < -0.4 is 5.73 Å². The number of nitrogens with two attached hydrogens (primary N) is 1. The lowest BCUT2D eigenvalue weighted by Gasteiger charge is -2.08. The van der Waals surface area contributed by atoms with E-state index in [1.54, 1.807) is 6.07 Å². The normalized spacial score (nSPS) is 11.2. The van der Waals surface area contributed by atoms with Crippen molar-refractivity contribution in [1.82, 2.24) is 0 Å². The molecular weight excluding hydrogens is 261 g/mol. The second-order valence-corrected chi connectivity index (χ2v) is 4.31. The Balaban J connectivity index is 2.96. The van der Waals surface area contributed by atoms with Crippen LogP contribution in [0.5, 0.6) is 0 Å². The molecule has 0 saturated heterocycles. The average molecular weight is 267 g/mol. The fraction of sp³-hybridized carbons (Fsp3) is 0.222. The monoisotopic (exact) mass is 266 g/mol. The highest BCUT2D eigenvalue weighted by Gasteiger charge is 2.27. The van der Waals surface area contributed by atoms with E-state index < -0.39 is 11.9 Å². The van der Waals surface area contributed by atoms with Gasteiger partial charge in [-0.2, -0.15) is 18.4 Å². The Labute approximate surface area is 99.2 Å². The molecule has 0 unspecified atom stereocenters. The van der Waals surface area contributed by atoms with Crippen LogP contribution in [0.15, 0.2) is 17.0 Å². The van der Waals surface area contributed by atoms with E-state index in [0.717, 1.165) is 0 Å². The number of halogens is 4. The Kier molecular flexibility index (Phi) is 3.94. The number of anilines is 1. The van der Waals surface area contributed by atoms with Crippen molar-refractivity contribution in [1.29, 1.82) is 5.26 Å². The number of nitriles is 1. The molecule has 0 bridgehead atoms. The molecule has 0 aromatic heterocycles. The highest BCUT2D eigenvalue weighted by molar-refractivity contribution is 7.99. The van der Waals surface area contributed by atoms with Gasteiger partial charge in [-0.1, -0.05) is 11.6 Å². The molecule has 0 aliphatic rings. The summed E-state index contributed by atoms with van der Waals surface area (Å²) in [7, 11) is 0. The number of hydrogen-bond acceptors (Lipinski definition) is 3. The highest BCUT2D eigenvalue weighted by Crippen LogP contribution is 2.33. The second kappa shape index (κ2) is 4.85. The Morgan fingerprint density at radius 2 is 2.06 bits per heavy atom. The zero-order chi connectivity index (χ0) is 12.3. The number of benzene rings is 1. The first kappa shape index (κ1) is 13.0. The highest BCUT2D eigenvalue weighted by atomic mass is 35.5. The molecule has 0 saturated carbocycles. The third-order valence-electron chi connectivity index (χ3n) is 1.61. The molecule has 1 rings (SSSR count). The Bertz CT molecular complexity index is 440. The van der Waals surface area contributed by atoms with E-state index in [-0.39, 0.29) is 21.2 Å². The summed E-state index contributed by atoms with van der Waals surface area (Å²) < 4.78 is 36.0. The van der Waals surface area contributed by atoms with Crippen LogP contribution in [0.1, 0.15) is 5.56 Å². The van der Waals surface area contributed by atoms with Gasteiger partial charge in [0.05, 0.1) is 22.0 Å². The van der Waals surface area contributed by atoms with Gasteiger partial charge < -0.3 is 5.73 Å². The van der Waals surface area contributed by atoms with E-state index in [2.05, 4.69) is 0 Å². The third kappa shape index (κ3) is 3.51. The Morgan fingerprint density at radius 1 is 1.44 bits per heavy atom. The summed E-state index contributed by atoms with van der Waals surface area (Å²) in [5.41, 5.74) is 5.70. The molecule has 16 heavy (non-hydrogen) atoms. The zero-order valence-corrected chi connectivity index (χ0v) is 9.38. The van der Waals surface area contributed by atoms with Crippen LogP contribution in [0.3, 0.4) is 0 Å². The van der Waals surface area contributed by atoms with E-state index >= 15 is 0 Å². The number of thioether (sulfide) groups is 1. The molecule has 7 heteroatoms. The smallest absolute Gasteiger partial charge is 0.397 e. The predicted octanol–water partition coefficient (Wildman–Crippen LogP) is 3.45. The minimum absolute atomic E-state index is 0.0912. The van der Waals surface area contributed by atoms with E-state index in [1.807, 2.05) is 0 Å². The Hall–Kier alpha value is -1.06. The average Bonchev–Trinajstić information content (AvgIpc) is 2.18. The van der Waals surface area contributed by atoms with Crippen molar-refractivity contribution in [2.45, 2.75) is 11.1 Å². The van der Waals surface area contributed by atoms with Gasteiger partial charge in [0.2, 0.25) is 0 Å². The largest absolute Gasteiger partial charge is 0.398 e. The van der Waals surface area contributed by atoms with Crippen molar-refractivity contribution >= 4 is 29.1 Å². The number of rotatable bonds is 2. The molecule has 86 valence electrons. The van der Waals surface area contributed by atoms with Gasteiger partial charge >= 0.3 is 6.18 Å². The fourth-order valence-corrected chi connectivity index (χ4v) is 1.89. The first-order valence-corrected chi connectivity index (χ1v) is 5.38.